The normalized spacial score (nSPS) is 14.5. The largest absolute Gasteiger partial charge is 0.311 e. The van der Waals surface area contributed by atoms with Gasteiger partial charge in [0.25, 0.3) is 0 Å². The number of nitrogens with zero attached hydrogens (tertiary/aromatic N) is 2. The molecule has 0 aliphatic heterocycles. The molecule has 2 fully saturated rings. The highest BCUT2D eigenvalue weighted by Crippen LogP contribution is 2.38. The molecule has 52 heavy (non-hydrogen) atoms. The van der Waals surface area contributed by atoms with Crippen LogP contribution in [0.2, 0.25) is 0 Å². The number of anilines is 6. The summed E-state index contributed by atoms with van der Waals surface area (Å²) >= 11 is 0. The molecule has 258 valence electrons. The van der Waals surface area contributed by atoms with Crippen LogP contribution in [0.15, 0.2) is 169 Å². The first kappa shape index (κ1) is 33.5. The zero-order valence-electron chi connectivity index (χ0n) is 30.1. The SMILES string of the molecule is C(=C1CCCCC1)c1ccc(N(c2ccccc2)c2ccc(-c3ccc(N(c4ccccc4)c4ccc(C=C5CCCCC5)cc4)cc3)cc2)cc1. The molecule has 6 aromatic carbocycles. The van der Waals surface area contributed by atoms with Gasteiger partial charge in [0.2, 0.25) is 0 Å². The van der Waals surface area contributed by atoms with Crippen LogP contribution in [0.1, 0.15) is 75.3 Å². The van der Waals surface area contributed by atoms with Crippen LogP contribution in [0.25, 0.3) is 23.3 Å². The van der Waals surface area contributed by atoms with Gasteiger partial charge in [-0.1, -0.05) is 121 Å². The van der Waals surface area contributed by atoms with Crippen molar-refractivity contribution in [1.29, 1.82) is 0 Å². The van der Waals surface area contributed by atoms with E-state index >= 15 is 0 Å². The lowest BCUT2D eigenvalue weighted by molar-refractivity contribution is 0.602. The summed E-state index contributed by atoms with van der Waals surface area (Å²) in [5.41, 5.74) is 15.1. The molecular formula is C50H48N2. The molecule has 2 aliphatic carbocycles. The summed E-state index contributed by atoms with van der Waals surface area (Å²) in [5, 5.41) is 0. The van der Waals surface area contributed by atoms with E-state index in [4.69, 9.17) is 0 Å². The van der Waals surface area contributed by atoms with Gasteiger partial charge in [0.1, 0.15) is 0 Å². The van der Waals surface area contributed by atoms with Crippen molar-refractivity contribution in [1.82, 2.24) is 0 Å². The van der Waals surface area contributed by atoms with Crippen LogP contribution in [0.5, 0.6) is 0 Å². The maximum absolute atomic E-state index is 2.40. The van der Waals surface area contributed by atoms with Crippen LogP contribution in [-0.2, 0) is 0 Å². The zero-order valence-corrected chi connectivity index (χ0v) is 30.1. The van der Waals surface area contributed by atoms with E-state index in [1.54, 1.807) is 11.1 Å². The van der Waals surface area contributed by atoms with E-state index in [1.165, 1.54) is 86.5 Å². The molecule has 2 heteroatoms. The van der Waals surface area contributed by atoms with Gasteiger partial charge in [0, 0.05) is 34.1 Å². The maximum Gasteiger partial charge on any atom is 0.0462 e. The molecular weight excluding hydrogens is 629 g/mol. The van der Waals surface area contributed by atoms with E-state index in [0.29, 0.717) is 0 Å². The molecule has 0 radical (unpaired) electrons. The minimum absolute atomic E-state index is 1.14. The van der Waals surface area contributed by atoms with Gasteiger partial charge in [-0.05, 0) is 146 Å². The lowest BCUT2D eigenvalue weighted by Crippen LogP contribution is -2.10. The third kappa shape index (κ3) is 7.98. The molecule has 0 atom stereocenters. The molecule has 0 unspecified atom stereocenters. The highest BCUT2D eigenvalue weighted by Gasteiger charge is 2.15. The number of hydrogen-bond acceptors (Lipinski definition) is 2. The van der Waals surface area contributed by atoms with Crippen molar-refractivity contribution in [2.75, 3.05) is 9.80 Å². The molecule has 0 aromatic heterocycles. The first-order valence-electron chi connectivity index (χ1n) is 19.3. The topological polar surface area (TPSA) is 6.48 Å². The third-order valence-corrected chi connectivity index (χ3v) is 10.6. The second-order valence-electron chi connectivity index (χ2n) is 14.3. The summed E-state index contributed by atoms with van der Waals surface area (Å²) in [4.78, 5) is 4.69. The Balaban J connectivity index is 1.04. The average molecular weight is 677 g/mol. The lowest BCUT2D eigenvalue weighted by Gasteiger charge is -2.26. The van der Waals surface area contributed by atoms with E-state index in [2.05, 4.69) is 180 Å². The summed E-state index contributed by atoms with van der Waals surface area (Å²) in [5.74, 6) is 0. The molecule has 0 N–H and O–H groups in total. The molecule has 2 nitrogen and oxygen atoms in total. The van der Waals surface area contributed by atoms with Crippen LogP contribution in [-0.4, -0.2) is 0 Å². The summed E-state index contributed by atoms with van der Waals surface area (Å²) in [6, 6.07) is 57.4. The molecule has 0 heterocycles. The second-order valence-corrected chi connectivity index (χ2v) is 14.3. The van der Waals surface area contributed by atoms with Gasteiger partial charge in [-0.3, -0.25) is 0 Å². The van der Waals surface area contributed by atoms with E-state index in [0.717, 1.165) is 34.1 Å². The molecule has 2 aliphatic rings. The minimum Gasteiger partial charge on any atom is -0.311 e. The summed E-state index contributed by atoms with van der Waals surface area (Å²) < 4.78 is 0. The number of benzene rings is 6. The molecule has 0 bridgehead atoms. The van der Waals surface area contributed by atoms with Crippen molar-refractivity contribution in [2.24, 2.45) is 0 Å². The van der Waals surface area contributed by atoms with E-state index in [-0.39, 0.29) is 0 Å². The molecule has 0 spiro atoms. The van der Waals surface area contributed by atoms with Gasteiger partial charge in [0.15, 0.2) is 0 Å². The van der Waals surface area contributed by atoms with Crippen molar-refractivity contribution < 1.29 is 0 Å². The Hall–Kier alpha value is -5.60. The van der Waals surface area contributed by atoms with Gasteiger partial charge < -0.3 is 9.80 Å². The van der Waals surface area contributed by atoms with Crippen molar-refractivity contribution in [3.05, 3.63) is 180 Å². The summed E-state index contributed by atoms with van der Waals surface area (Å²) in [6.07, 6.45) is 17.8. The molecule has 8 rings (SSSR count). The first-order chi connectivity index (χ1) is 25.8. The number of rotatable bonds is 9. The highest BCUT2D eigenvalue weighted by atomic mass is 15.1. The number of hydrogen-bond donors (Lipinski definition) is 0. The van der Waals surface area contributed by atoms with Gasteiger partial charge in [0.05, 0.1) is 0 Å². The third-order valence-electron chi connectivity index (χ3n) is 10.6. The first-order valence-corrected chi connectivity index (χ1v) is 19.3. The Morgan fingerprint density at radius 2 is 0.577 bits per heavy atom. The number of allylic oxidation sites excluding steroid dienone is 2. The van der Waals surface area contributed by atoms with Crippen LogP contribution in [0.3, 0.4) is 0 Å². The fourth-order valence-electron chi connectivity index (χ4n) is 7.87. The molecule has 2 saturated carbocycles. The van der Waals surface area contributed by atoms with Gasteiger partial charge >= 0.3 is 0 Å². The fraction of sp³-hybridized carbons (Fsp3) is 0.200. The Morgan fingerprint density at radius 1 is 0.288 bits per heavy atom. The van der Waals surface area contributed by atoms with Crippen LogP contribution in [0, 0.1) is 0 Å². The molecule has 0 saturated heterocycles. The van der Waals surface area contributed by atoms with Crippen molar-refractivity contribution in [3.63, 3.8) is 0 Å². The minimum atomic E-state index is 1.14. The standard InChI is InChI=1S/C50H48N2/c1-5-13-39(14-6-1)37-41-21-29-47(30-22-41)51(45-17-9-3-10-18-45)49-33-25-43(26-34-49)44-27-35-50(36-28-44)52(46-19-11-4-12-20-46)48-31-23-42(24-32-48)38-40-15-7-2-8-16-40/h3-4,9-12,17-38H,1-2,5-8,13-16H2. The van der Waals surface area contributed by atoms with Crippen molar-refractivity contribution in [3.8, 4) is 11.1 Å². The molecule has 6 aromatic rings. The van der Waals surface area contributed by atoms with Gasteiger partial charge in [-0.15, -0.1) is 0 Å². The van der Waals surface area contributed by atoms with Crippen LogP contribution >= 0.6 is 0 Å². The lowest BCUT2D eigenvalue weighted by atomic mass is 9.93. The Morgan fingerprint density at radius 3 is 0.904 bits per heavy atom. The molecule has 0 amide bonds. The Bertz CT molecular complexity index is 1920. The van der Waals surface area contributed by atoms with Crippen molar-refractivity contribution >= 4 is 46.3 Å². The predicted molar refractivity (Wildman–Crippen MR) is 223 cm³/mol. The second kappa shape index (κ2) is 16.2. The highest BCUT2D eigenvalue weighted by molar-refractivity contribution is 5.81. The van der Waals surface area contributed by atoms with E-state index in [1.807, 2.05) is 0 Å². The fourth-order valence-corrected chi connectivity index (χ4v) is 7.87. The zero-order chi connectivity index (χ0) is 35.0. The quantitative estimate of drug-likeness (QED) is 0.150. The number of para-hydroxylation sites is 2. The van der Waals surface area contributed by atoms with E-state index < -0.39 is 0 Å². The van der Waals surface area contributed by atoms with Crippen LogP contribution in [0.4, 0.5) is 34.1 Å². The van der Waals surface area contributed by atoms with Gasteiger partial charge in [-0.25, -0.2) is 0 Å². The maximum atomic E-state index is 2.40. The van der Waals surface area contributed by atoms with Crippen molar-refractivity contribution in [2.45, 2.75) is 64.2 Å². The average Bonchev–Trinajstić information content (AvgIpc) is 3.22. The van der Waals surface area contributed by atoms with Gasteiger partial charge in [-0.2, -0.15) is 0 Å². The smallest absolute Gasteiger partial charge is 0.0462 e. The summed E-state index contributed by atoms with van der Waals surface area (Å²) in [6.45, 7) is 0. The van der Waals surface area contributed by atoms with Crippen LogP contribution < -0.4 is 9.80 Å². The summed E-state index contributed by atoms with van der Waals surface area (Å²) in [7, 11) is 0. The monoisotopic (exact) mass is 676 g/mol. The Labute approximate surface area is 310 Å². The Kier molecular flexibility index (Phi) is 10.4. The predicted octanol–water partition coefficient (Wildman–Crippen LogP) is 15.0. The van der Waals surface area contributed by atoms with E-state index in [9.17, 15) is 0 Å².